The second kappa shape index (κ2) is 9.27. The number of methoxy groups -OCH3 is 1. The molecule has 1 aromatic heterocycles. The van der Waals surface area contributed by atoms with Crippen molar-refractivity contribution in [1.82, 2.24) is 20.1 Å². The number of carbonyl (C=O) groups excluding carboxylic acids is 1. The second-order valence-corrected chi connectivity index (χ2v) is 8.65. The van der Waals surface area contributed by atoms with Gasteiger partial charge in [-0.1, -0.05) is 6.07 Å². The molecule has 1 atom stereocenters. The summed E-state index contributed by atoms with van der Waals surface area (Å²) in [4.78, 5) is 12.9. The van der Waals surface area contributed by atoms with Crippen molar-refractivity contribution < 1.29 is 19.0 Å². The fraction of sp³-hybridized carbons (Fsp3) is 0.375. The number of aromatic nitrogens is 3. The van der Waals surface area contributed by atoms with E-state index in [-0.39, 0.29) is 11.9 Å². The van der Waals surface area contributed by atoms with Crippen molar-refractivity contribution in [2.45, 2.75) is 31.8 Å². The van der Waals surface area contributed by atoms with Crippen LogP contribution in [0.1, 0.15) is 30.9 Å². The first kappa shape index (κ1) is 21.5. The van der Waals surface area contributed by atoms with Crippen molar-refractivity contribution in [2.75, 3.05) is 20.3 Å². The Morgan fingerprint density at radius 2 is 1.97 bits per heavy atom. The summed E-state index contributed by atoms with van der Waals surface area (Å²) in [5.41, 5.74) is 1.95. The largest absolute Gasteiger partial charge is 0.497 e. The molecule has 5 rings (SSSR count). The number of fused-ring (bicyclic) bond motifs is 1. The smallest absolute Gasteiger partial charge is 0.222 e. The Kier molecular flexibility index (Phi) is 6.04. The zero-order chi connectivity index (χ0) is 22.8. The van der Waals surface area contributed by atoms with Gasteiger partial charge in [0.2, 0.25) is 5.91 Å². The van der Waals surface area contributed by atoms with E-state index in [0.717, 1.165) is 41.2 Å². The van der Waals surface area contributed by atoms with E-state index in [4.69, 9.17) is 26.4 Å². The molecule has 9 heteroatoms. The van der Waals surface area contributed by atoms with E-state index in [1.54, 1.807) is 7.11 Å². The predicted octanol–water partition coefficient (Wildman–Crippen LogP) is 4.05. The molecular formula is C24H26N4O4S. The third-order valence-corrected chi connectivity index (χ3v) is 6.32. The Bertz CT molecular complexity index is 1200. The van der Waals surface area contributed by atoms with Crippen molar-refractivity contribution in [3.63, 3.8) is 0 Å². The minimum atomic E-state index is -0.0355. The molecule has 2 aliphatic rings. The lowest BCUT2D eigenvalue weighted by Gasteiger charge is -2.23. The van der Waals surface area contributed by atoms with Gasteiger partial charge in [-0.2, -0.15) is 5.10 Å². The van der Waals surface area contributed by atoms with Crippen molar-refractivity contribution >= 4 is 18.1 Å². The minimum Gasteiger partial charge on any atom is -0.497 e. The molecule has 1 aliphatic heterocycles. The van der Waals surface area contributed by atoms with Gasteiger partial charge in [0.05, 0.1) is 13.2 Å². The number of hydrogen-bond acceptors (Lipinski definition) is 6. The number of benzene rings is 2. The van der Waals surface area contributed by atoms with Gasteiger partial charge in [-0.15, -0.1) is 0 Å². The molecule has 1 saturated carbocycles. The number of rotatable bonds is 8. The molecule has 33 heavy (non-hydrogen) atoms. The van der Waals surface area contributed by atoms with Crippen LogP contribution < -0.4 is 19.5 Å². The molecule has 2 aromatic carbocycles. The van der Waals surface area contributed by atoms with E-state index in [1.165, 1.54) is 0 Å². The van der Waals surface area contributed by atoms with Gasteiger partial charge in [0.1, 0.15) is 19.0 Å². The van der Waals surface area contributed by atoms with Crippen LogP contribution in [0, 0.1) is 10.7 Å². The summed E-state index contributed by atoms with van der Waals surface area (Å²) in [7, 11) is 1.63. The van der Waals surface area contributed by atoms with Gasteiger partial charge in [-0.05, 0) is 72.9 Å². The molecule has 1 fully saturated rings. The summed E-state index contributed by atoms with van der Waals surface area (Å²) in [6.45, 7) is 1.53. The van der Waals surface area contributed by atoms with Gasteiger partial charge < -0.3 is 19.5 Å². The van der Waals surface area contributed by atoms with Gasteiger partial charge >= 0.3 is 0 Å². The zero-order valence-corrected chi connectivity index (χ0v) is 19.2. The Labute approximate surface area is 196 Å². The molecule has 0 saturated heterocycles. The second-order valence-electron chi connectivity index (χ2n) is 8.27. The van der Waals surface area contributed by atoms with Crippen molar-refractivity contribution in [2.24, 2.45) is 5.92 Å². The van der Waals surface area contributed by atoms with Crippen LogP contribution in [-0.4, -0.2) is 41.0 Å². The highest BCUT2D eigenvalue weighted by atomic mass is 32.1. The summed E-state index contributed by atoms with van der Waals surface area (Å²) in [6.07, 6.45) is 2.51. The molecule has 1 unspecified atom stereocenters. The molecule has 1 amide bonds. The monoisotopic (exact) mass is 466 g/mol. The van der Waals surface area contributed by atoms with Gasteiger partial charge in [0.15, 0.2) is 22.1 Å². The third-order valence-electron chi connectivity index (χ3n) is 6.00. The van der Waals surface area contributed by atoms with E-state index in [1.807, 2.05) is 47.0 Å². The maximum Gasteiger partial charge on any atom is 0.222 e. The highest BCUT2D eigenvalue weighted by Crippen LogP contribution is 2.43. The zero-order valence-electron chi connectivity index (χ0n) is 18.4. The SMILES string of the molecule is COc1ccc(-c2n[nH]c(=S)n2CCC(=O)NC(c2ccc3c(c2)OCCO3)C2CC2)cc1. The number of hydrogen-bond donors (Lipinski definition) is 2. The van der Waals surface area contributed by atoms with Crippen LogP contribution in [0.4, 0.5) is 0 Å². The average Bonchev–Trinajstić information content (AvgIpc) is 3.63. The fourth-order valence-corrected chi connectivity index (χ4v) is 4.32. The van der Waals surface area contributed by atoms with Crippen LogP contribution in [0.15, 0.2) is 42.5 Å². The molecule has 0 bridgehead atoms. The van der Waals surface area contributed by atoms with Crippen molar-refractivity contribution in [3.05, 3.63) is 52.8 Å². The first-order valence-electron chi connectivity index (χ1n) is 11.1. The number of amides is 1. The molecule has 8 nitrogen and oxygen atoms in total. The van der Waals surface area contributed by atoms with E-state index in [0.29, 0.717) is 42.7 Å². The number of aromatic amines is 1. The standard InChI is InChI=1S/C24H26N4O4S/c1-30-18-7-4-16(5-8-18)23-26-27-24(33)28(23)11-10-21(29)25-22(15-2-3-15)17-6-9-19-20(14-17)32-13-12-31-19/h4-9,14-15,22H,2-3,10-13H2,1H3,(H,25,29)(H,27,33). The lowest BCUT2D eigenvalue weighted by Crippen LogP contribution is -2.30. The van der Waals surface area contributed by atoms with Gasteiger partial charge in [-0.25, -0.2) is 0 Å². The number of H-pyrrole nitrogens is 1. The quantitative estimate of drug-likeness (QED) is 0.487. The maximum atomic E-state index is 12.9. The summed E-state index contributed by atoms with van der Waals surface area (Å²) in [5.74, 6) is 3.39. The van der Waals surface area contributed by atoms with E-state index in [2.05, 4.69) is 15.5 Å². The first-order chi connectivity index (χ1) is 16.1. The van der Waals surface area contributed by atoms with Crippen molar-refractivity contribution in [1.29, 1.82) is 0 Å². The average molecular weight is 467 g/mol. The van der Waals surface area contributed by atoms with Crippen LogP contribution in [0.3, 0.4) is 0 Å². The summed E-state index contributed by atoms with van der Waals surface area (Å²) in [5, 5.41) is 10.4. The molecule has 0 spiro atoms. The van der Waals surface area contributed by atoms with Crippen LogP contribution in [0.5, 0.6) is 17.2 Å². The summed E-state index contributed by atoms with van der Waals surface area (Å²) >= 11 is 5.41. The Morgan fingerprint density at radius 3 is 2.70 bits per heavy atom. The molecule has 172 valence electrons. The highest BCUT2D eigenvalue weighted by Gasteiger charge is 2.34. The Morgan fingerprint density at radius 1 is 1.21 bits per heavy atom. The highest BCUT2D eigenvalue weighted by molar-refractivity contribution is 7.71. The topological polar surface area (TPSA) is 90.4 Å². The van der Waals surface area contributed by atoms with Crippen LogP contribution >= 0.6 is 12.2 Å². The van der Waals surface area contributed by atoms with Gasteiger partial charge in [0.25, 0.3) is 0 Å². The Hall–Kier alpha value is -3.33. The predicted molar refractivity (Wildman–Crippen MR) is 125 cm³/mol. The van der Waals surface area contributed by atoms with Crippen LogP contribution in [0.25, 0.3) is 11.4 Å². The van der Waals surface area contributed by atoms with E-state index in [9.17, 15) is 4.79 Å². The van der Waals surface area contributed by atoms with E-state index >= 15 is 0 Å². The number of carbonyl (C=O) groups is 1. The molecule has 0 radical (unpaired) electrons. The number of nitrogens with zero attached hydrogens (tertiary/aromatic N) is 2. The lowest BCUT2D eigenvalue weighted by molar-refractivity contribution is -0.122. The van der Waals surface area contributed by atoms with Crippen LogP contribution in [0.2, 0.25) is 0 Å². The summed E-state index contributed by atoms with van der Waals surface area (Å²) < 4.78 is 18.9. The molecule has 2 N–H and O–H groups in total. The van der Waals surface area contributed by atoms with E-state index < -0.39 is 0 Å². The van der Waals surface area contributed by atoms with Gasteiger partial charge in [-0.3, -0.25) is 14.5 Å². The third kappa shape index (κ3) is 4.73. The molecule has 3 aromatic rings. The maximum absolute atomic E-state index is 12.9. The van der Waals surface area contributed by atoms with Crippen LogP contribution in [-0.2, 0) is 11.3 Å². The number of ether oxygens (including phenoxy) is 3. The lowest BCUT2D eigenvalue weighted by atomic mass is 10.0. The summed E-state index contributed by atoms with van der Waals surface area (Å²) in [6, 6.07) is 13.5. The van der Waals surface area contributed by atoms with Gasteiger partial charge in [0, 0.05) is 18.5 Å². The minimum absolute atomic E-state index is 0.0226. The first-order valence-corrected chi connectivity index (χ1v) is 11.5. The fourth-order valence-electron chi connectivity index (χ4n) is 4.10. The normalized spacial score (nSPS) is 15.7. The molecule has 1 aliphatic carbocycles. The Balaban J connectivity index is 1.27. The van der Waals surface area contributed by atoms with Crippen molar-refractivity contribution in [3.8, 4) is 28.6 Å². The number of nitrogens with one attached hydrogen (secondary N) is 2. The molecular weight excluding hydrogens is 440 g/mol. The molecule has 2 heterocycles.